The molecule has 1 aliphatic heterocycles. The zero-order valence-corrected chi connectivity index (χ0v) is 14.0. The summed E-state index contributed by atoms with van der Waals surface area (Å²) in [6.45, 7) is 7.68. The molecule has 6 nitrogen and oxygen atoms in total. The fourth-order valence-electron chi connectivity index (χ4n) is 3.22. The third-order valence-electron chi connectivity index (χ3n) is 4.92. The number of aliphatic hydroxyl groups is 1. The Morgan fingerprint density at radius 3 is 2.71 bits per heavy atom. The first-order chi connectivity index (χ1) is 9.81. The molecule has 2 fully saturated rings. The van der Waals surface area contributed by atoms with Crippen LogP contribution in [0.2, 0.25) is 0 Å². The quantitative estimate of drug-likeness (QED) is 0.756. The van der Waals surface area contributed by atoms with E-state index >= 15 is 0 Å². The molecule has 1 saturated carbocycles. The van der Waals surface area contributed by atoms with Crippen molar-refractivity contribution in [2.24, 2.45) is 11.3 Å². The highest BCUT2D eigenvalue weighted by Gasteiger charge is 2.51. The molecular weight excluding hydrogens is 292 g/mol. The van der Waals surface area contributed by atoms with Gasteiger partial charge in [0.05, 0.1) is 6.10 Å². The van der Waals surface area contributed by atoms with Crippen molar-refractivity contribution in [2.75, 3.05) is 26.3 Å². The van der Waals surface area contributed by atoms with Crippen LogP contribution in [-0.4, -0.2) is 56.3 Å². The first-order valence-corrected chi connectivity index (χ1v) is 9.25. The van der Waals surface area contributed by atoms with Crippen molar-refractivity contribution in [2.45, 2.75) is 52.2 Å². The van der Waals surface area contributed by atoms with E-state index in [-0.39, 0.29) is 30.1 Å². The van der Waals surface area contributed by atoms with E-state index in [1.165, 1.54) is 4.31 Å². The van der Waals surface area contributed by atoms with Gasteiger partial charge in [0.1, 0.15) is 0 Å². The number of nitrogens with one attached hydrogen (secondary N) is 1. The number of rotatable bonds is 6. The second-order valence-corrected chi connectivity index (χ2v) is 8.43. The molecule has 1 aliphatic carbocycles. The van der Waals surface area contributed by atoms with E-state index in [2.05, 4.69) is 4.72 Å². The average Bonchev–Trinajstić information content (AvgIpc) is 2.46. The lowest BCUT2D eigenvalue weighted by atomic mass is 9.65. The van der Waals surface area contributed by atoms with E-state index in [1.54, 1.807) is 0 Å². The zero-order valence-electron chi connectivity index (χ0n) is 13.2. The van der Waals surface area contributed by atoms with Gasteiger partial charge in [0.2, 0.25) is 0 Å². The summed E-state index contributed by atoms with van der Waals surface area (Å²) in [6, 6.07) is -0.0893. The van der Waals surface area contributed by atoms with E-state index in [1.807, 2.05) is 20.8 Å². The number of ether oxygens (including phenoxy) is 1. The van der Waals surface area contributed by atoms with Crippen LogP contribution >= 0.6 is 0 Å². The molecule has 2 rings (SSSR count). The van der Waals surface area contributed by atoms with Crippen LogP contribution in [0.25, 0.3) is 0 Å². The molecule has 2 aliphatic rings. The van der Waals surface area contributed by atoms with Crippen LogP contribution in [0.4, 0.5) is 0 Å². The highest BCUT2D eigenvalue weighted by Crippen LogP contribution is 2.43. The molecule has 21 heavy (non-hydrogen) atoms. The van der Waals surface area contributed by atoms with E-state index in [0.29, 0.717) is 19.7 Å². The van der Waals surface area contributed by atoms with Crippen molar-refractivity contribution in [3.8, 4) is 0 Å². The number of hydrogen-bond acceptors (Lipinski definition) is 4. The van der Waals surface area contributed by atoms with Crippen molar-refractivity contribution < 1.29 is 18.3 Å². The summed E-state index contributed by atoms with van der Waals surface area (Å²) >= 11 is 0. The van der Waals surface area contributed by atoms with Gasteiger partial charge >= 0.3 is 0 Å². The minimum Gasteiger partial charge on any atom is -0.396 e. The second-order valence-electron chi connectivity index (χ2n) is 6.73. The van der Waals surface area contributed by atoms with Gasteiger partial charge in [0, 0.05) is 37.8 Å². The smallest absolute Gasteiger partial charge is 0.279 e. The van der Waals surface area contributed by atoms with E-state index in [0.717, 1.165) is 19.3 Å². The first-order valence-electron chi connectivity index (χ1n) is 7.81. The fourth-order valence-corrected chi connectivity index (χ4v) is 4.90. The van der Waals surface area contributed by atoms with E-state index in [4.69, 9.17) is 4.74 Å². The summed E-state index contributed by atoms with van der Waals surface area (Å²) in [5.74, 6) is 0.0564. The van der Waals surface area contributed by atoms with Crippen LogP contribution in [0.5, 0.6) is 0 Å². The molecule has 1 saturated heterocycles. The predicted octanol–water partition coefficient (Wildman–Crippen LogP) is 0.729. The van der Waals surface area contributed by atoms with Crippen LogP contribution in [0.1, 0.15) is 40.0 Å². The molecule has 0 aromatic rings. The predicted molar refractivity (Wildman–Crippen MR) is 81.0 cm³/mol. The van der Waals surface area contributed by atoms with Gasteiger partial charge < -0.3 is 9.84 Å². The van der Waals surface area contributed by atoms with Crippen LogP contribution in [0, 0.1) is 11.3 Å². The Labute approximate surface area is 128 Å². The fraction of sp³-hybridized carbons (Fsp3) is 1.00. The zero-order chi connectivity index (χ0) is 15.7. The molecule has 0 radical (unpaired) electrons. The highest BCUT2D eigenvalue weighted by molar-refractivity contribution is 7.87. The molecule has 3 unspecified atom stereocenters. The van der Waals surface area contributed by atoms with Crippen molar-refractivity contribution >= 4 is 10.2 Å². The Kier molecular flexibility index (Phi) is 5.31. The van der Waals surface area contributed by atoms with Crippen molar-refractivity contribution in [3.05, 3.63) is 0 Å². The van der Waals surface area contributed by atoms with Gasteiger partial charge in [-0.25, -0.2) is 0 Å². The molecule has 0 bridgehead atoms. The molecule has 0 aromatic heterocycles. The number of hydrogen-bond donors (Lipinski definition) is 2. The normalized spacial score (nSPS) is 33.6. The Hall–Kier alpha value is -0.210. The molecule has 1 heterocycles. The Balaban J connectivity index is 1.96. The molecule has 2 N–H and O–H groups in total. The Morgan fingerprint density at radius 1 is 1.43 bits per heavy atom. The maximum atomic E-state index is 12.5. The summed E-state index contributed by atoms with van der Waals surface area (Å²) in [7, 11) is -3.48. The van der Waals surface area contributed by atoms with E-state index in [9.17, 15) is 13.5 Å². The lowest BCUT2D eigenvalue weighted by molar-refractivity contribution is -0.108. The van der Waals surface area contributed by atoms with Gasteiger partial charge in [0.25, 0.3) is 10.2 Å². The van der Waals surface area contributed by atoms with Gasteiger partial charge in [-0.3, -0.25) is 0 Å². The molecule has 124 valence electrons. The Morgan fingerprint density at radius 2 is 2.14 bits per heavy atom. The molecule has 0 amide bonds. The van der Waals surface area contributed by atoms with Gasteiger partial charge in [-0.05, 0) is 32.1 Å². The van der Waals surface area contributed by atoms with Crippen LogP contribution in [0.15, 0.2) is 0 Å². The number of nitrogens with zero attached hydrogens (tertiary/aromatic N) is 1. The molecular formula is C14H28N2O4S. The number of aliphatic hydroxyl groups excluding tert-OH is 1. The maximum Gasteiger partial charge on any atom is 0.279 e. The topological polar surface area (TPSA) is 78.9 Å². The SMILES string of the molecule is CCOC1CC(NS(=O)(=O)N2CCCC(CO)C2)C1(C)C. The summed E-state index contributed by atoms with van der Waals surface area (Å²) in [6.07, 6.45) is 2.53. The molecule has 3 atom stereocenters. The summed E-state index contributed by atoms with van der Waals surface area (Å²) < 4.78 is 34.9. The second kappa shape index (κ2) is 6.50. The highest BCUT2D eigenvalue weighted by atomic mass is 32.2. The van der Waals surface area contributed by atoms with Crippen molar-refractivity contribution in [1.82, 2.24) is 9.03 Å². The van der Waals surface area contributed by atoms with Gasteiger partial charge in [-0.2, -0.15) is 17.4 Å². The lowest BCUT2D eigenvalue weighted by Gasteiger charge is -2.51. The van der Waals surface area contributed by atoms with Crippen LogP contribution < -0.4 is 4.72 Å². The summed E-state index contributed by atoms with van der Waals surface area (Å²) in [5.41, 5.74) is -0.185. The summed E-state index contributed by atoms with van der Waals surface area (Å²) in [4.78, 5) is 0. The molecule has 7 heteroatoms. The van der Waals surface area contributed by atoms with Gasteiger partial charge in [0.15, 0.2) is 0 Å². The van der Waals surface area contributed by atoms with Gasteiger partial charge in [-0.15, -0.1) is 0 Å². The van der Waals surface area contributed by atoms with E-state index < -0.39 is 10.2 Å². The summed E-state index contributed by atoms with van der Waals surface area (Å²) in [5, 5.41) is 9.23. The monoisotopic (exact) mass is 320 g/mol. The van der Waals surface area contributed by atoms with Gasteiger partial charge in [-0.1, -0.05) is 13.8 Å². The molecule has 0 aromatic carbocycles. The molecule has 0 spiro atoms. The number of piperidine rings is 1. The maximum absolute atomic E-state index is 12.5. The Bertz CT molecular complexity index is 452. The van der Waals surface area contributed by atoms with Crippen LogP contribution in [-0.2, 0) is 14.9 Å². The van der Waals surface area contributed by atoms with Crippen LogP contribution in [0.3, 0.4) is 0 Å². The minimum absolute atomic E-state index is 0.0490. The minimum atomic E-state index is -3.48. The third kappa shape index (κ3) is 3.59. The van der Waals surface area contributed by atoms with Crippen molar-refractivity contribution in [1.29, 1.82) is 0 Å². The largest absolute Gasteiger partial charge is 0.396 e. The first kappa shape index (κ1) is 17.1. The third-order valence-corrected chi connectivity index (χ3v) is 6.51. The van der Waals surface area contributed by atoms with Crippen molar-refractivity contribution in [3.63, 3.8) is 0 Å². The lowest BCUT2D eigenvalue weighted by Crippen LogP contribution is -2.64. The standard InChI is InChI=1S/C14H28N2O4S/c1-4-20-13-8-12(14(13,2)3)15-21(18,19)16-7-5-6-11(9-16)10-17/h11-13,15,17H,4-10H2,1-3H3. The average molecular weight is 320 g/mol.